The highest BCUT2D eigenvalue weighted by molar-refractivity contribution is 5.98. The molecule has 0 fully saturated rings. The van der Waals surface area contributed by atoms with E-state index in [1.165, 1.54) is 6.20 Å². The number of carboxylic acid groups (broad SMARTS) is 1. The van der Waals surface area contributed by atoms with Gasteiger partial charge in [-0.25, -0.2) is 9.78 Å². The number of aryl methyl sites for hydroxylation is 1. The lowest BCUT2D eigenvalue weighted by Crippen LogP contribution is -2.45. The molecule has 1 atom stereocenters. The molecule has 0 spiro atoms. The molecule has 3 aromatic rings. The van der Waals surface area contributed by atoms with Gasteiger partial charge in [0.25, 0.3) is 0 Å². The standard InChI is InChI=1S/C25H23N3O5/c1-15-7-6-12-26-23(15)28-24(31)21(13-22(29)30)27-25(32)33-14-20-18-10-4-2-8-16(18)17-9-3-5-11-19(17)20/h2-12,20-21H,13-14H2,1H3,(H,27,32)(H,29,30)(H,26,28,31). The zero-order chi connectivity index (χ0) is 23.4. The third kappa shape index (κ3) is 4.85. The van der Waals surface area contributed by atoms with Crippen LogP contribution in [0.2, 0.25) is 0 Å². The highest BCUT2D eigenvalue weighted by Gasteiger charge is 2.30. The molecule has 2 aromatic carbocycles. The van der Waals surface area contributed by atoms with Crippen molar-refractivity contribution in [3.63, 3.8) is 0 Å². The molecule has 0 saturated carbocycles. The Morgan fingerprint density at radius 3 is 2.24 bits per heavy atom. The van der Waals surface area contributed by atoms with Crippen LogP contribution in [0.5, 0.6) is 0 Å². The van der Waals surface area contributed by atoms with Gasteiger partial charge in [0.1, 0.15) is 18.5 Å². The predicted molar refractivity (Wildman–Crippen MR) is 122 cm³/mol. The van der Waals surface area contributed by atoms with Gasteiger partial charge in [0.15, 0.2) is 0 Å². The third-order valence-corrected chi connectivity index (χ3v) is 5.58. The Labute approximate surface area is 190 Å². The molecule has 1 heterocycles. The number of nitrogens with zero attached hydrogens (tertiary/aromatic N) is 1. The fraction of sp³-hybridized carbons (Fsp3) is 0.200. The van der Waals surface area contributed by atoms with E-state index in [0.29, 0.717) is 11.4 Å². The van der Waals surface area contributed by atoms with Crippen LogP contribution < -0.4 is 10.6 Å². The van der Waals surface area contributed by atoms with Gasteiger partial charge in [0.2, 0.25) is 5.91 Å². The minimum Gasteiger partial charge on any atom is -0.481 e. The fourth-order valence-electron chi connectivity index (χ4n) is 3.99. The number of pyridine rings is 1. The van der Waals surface area contributed by atoms with Gasteiger partial charge in [-0.3, -0.25) is 9.59 Å². The largest absolute Gasteiger partial charge is 0.481 e. The predicted octanol–water partition coefficient (Wildman–Crippen LogP) is 3.71. The molecule has 0 aliphatic heterocycles. The first-order chi connectivity index (χ1) is 15.9. The van der Waals surface area contributed by atoms with Gasteiger partial charge in [-0.15, -0.1) is 0 Å². The number of carbonyl (C=O) groups is 3. The number of aromatic nitrogens is 1. The van der Waals surface area contributed by atoms with Crippen LogP contribution in [0.4, 0.5) is 10.6 Å². The number of amides is 2. The topological polar surface area (TPSA) is 118 Å². The second-order valence-electron chi connectivity index (χ2n) is 7.78. The summed E-state index contributed by atoms with van der Waals surface area (Å²) < 4.78 is 5.44. The fourth-order valence-corrected chi connectivity index (χ4v) is 3.99. The van der Waals surface area contributed by atoms with Gasteiger partial charge in [0.05, 0.1) is 6.42 Å². The second kappa shape index (κ2) is 9.52. The van der Waals surface area contributed by atoms with Crippen LogP contribution in [-0.2, 0) is 14.3 Å². The lowest BCUT2D eigenvalue weighted by atomic mass is 9.98. The highest BCUT2D eigenvalue weighted by atomic mass is 16.5. The van der Waals surface area contributed by atoms with E-state index in [2.05, 4.69) is 15.6 Å². The van der Waals surface area contributed by atoms with Crippen molar-refractivity contribution in [1.29, 1.82) is 0 Å². The molecule has 168 valence electrons. The molecule has 8 nitrogen and oxygen atoms in total. The normalized spacial score (nSPS) is 12.9. The summed E-state index contributed by atoms with van der Waals surface area (Å²) in [7, 11) is 0. The lowest BCUT2D eigenvalue weighted by molar-refractivity contribution is -0.139. The van der Waals surface area contributed by atoms with Gasteiger partial charge >= 0.3 is 12.1 Å². The number of carboxylic acids is 1. The van der Waals surface area contributed by atoms with Crippen molar-refractivity contribution in [2.24, 2.45) is 0 Å². The highest BCUT2D eigenvalue weighted by Crippen LogP contribution is 2.44. The van der Waals surface area contributed by atoms with Crippen molar-refractivity contribution in [2.75, 3.05) is 11.9 Å². The Kier molecular flexibility index (Phi) is 6.35. The minimum atomic E-state index is -1.32. The molecular weight excluding hydrogens is 422 g/mol. The summed E-state index contributed by atoms with van der Waals surface area (Å²) in [6, 6.07) is 18.0. The van der Waals surface area contributed by atoms with Crippen LogP contribution in [0.1, 0.15) is 29.0 Å². The monoisotopic (exact) mass is 445 g/mol. The molecule has 1 aliphatic carbocycles. The van der Waals surface area contributed by atoms with Crippen molar-refractivity contribution in [1.82, 2.24) is 10.3 Å². The Bertz CT molecular complexity index is 1160. The quantitative estimate of drug-likeness (QED) is 0.510. The van der Waals surface area contributed by atoms with E-state index in [1.807, 2.05) is 48.5 Å². The van der Waals surface area contributed by atoms with Crippen LogP contribution >= 0.6 is 0 Å². The molecule has 0 bridgehead atoms. The molecule has 4 rings (SSSR count). The molecule has 0 radical (unpaired) electrons. The first-order valence-electron chi connectivity index (χ1n) is 10.5. The first kappa shape index (κ1) is 22.0. The number of hydrogen-bond acceptors (Lipinski definition) is 5. The lowest BCUT2D eigenvalue weighted by Gasteiger charge is -2.19. The van der Waals surface area contributed by atoms with Gasteiger partial charge < -0.3 is 20.5 Å². The summed E-state index contributed by atoms with van der Waals surface area (Å²) in [6.07, 6.45) is 0.0476. The zero-order valence-electron chi connectivity index (χ0n) is 17.9. The van der Waals surface area contributed by atoms with Crippen molar-refractivity contribution in [3.05, 3.63) is 83.6 Å². The van der Waals surface area contributed by atoms with Crippen LogP contribution in [0.3, 0.4) is 0 Å². The molecular formula is C25H23N3O5. The Hall–Kier alpha value is -4.20. The van der Waals surface area contributed by atoms with Crippen molar-refractivity contribution < 1.29 is 24.2 Å². The SMILES string of the molecule is Cc1cccnc1NC(=O)C(CC(=O)O)NC(=O)OCC1c2ccccc2-c2ccccc21. The van der Waals surface area contributed by atoms with Gasteiger partial charge in [0, 0.05) is 12.1 Å². The van der Waals surface area contributed by atoms with Crippen molar-refractivity contribution in [2.45, 2.75) is 25.3 Å². The van der Waals surface area contributed by atoms with Crippen molar-refractivity contribution in [3.8, 4) is 11.1 Å². The summed E-state index contributed by atoms with van der Waals surface area (Å²) in [5.41, 5.74) is 5.00. The number of carbonyl (C=O) groups excluding carboxylic acids is 2. The maximum Gasteiger partial charge on any atom is 0.407 e. The Balaban J connectivity index is 1.43. The number of ether oxygens (including phenoxy) is 1. The summed E-state index contributed by atoms with van der Waals surface area (Å²) in [6.45, 7) is 1.81. The maximum absolute atomic E-state index is 12.6. The zero-order valence-corrected chi connectivity index (χ0v) is 17.9. The Morgan fingerprint density at radius 1 is 1.00 bits per heavy atom. The number of benzene rings is 2. The average Bonchev–Trinajstić information content (AvgIpc) is 3.12. The third-order valence-electron chi connectivity index (χ3n) is 5.58. The first-order valence-corrected chi connectivity index (χ1v) is 10.5. The molecule has 0 saturated heterocycles. The molecule has 2 amide bonds. The van der Waals surface area contributed by atoms with Gasteiger partial charge in [-0.2, -0.15) is 0 Å². The summed E-state index contributed by atoms with van der Waals surface area (Å²) in [5.74, 6) is -1.77. The van der Waals surface area contributed by atoms with Crippen LogP contribution in [0.25, 0.3) is 11.1 Å². The van der Waals surface area contributed by atoms with E-state index in [1.54, 1.807) is 19.1 Å². The molecule has 3 N–H and O–H groups in total. The minimum absolute atomic E-state index is 0.0562. The summed E-state index contributed by atoms with van der Waals surface area (Å²) in [4.78, 5) is 40.5. The summed E-state index contributed by atoms with van der Waals surface area (Å²) >= 11 is 0. The number of fused-ring (bicyclic) bond motifs is 3. The molecule has 1 unspecified atom stereocenters. The van der Waals surface area contributed by atoms with E-state index in [0.717, 1.165) is 22.3 Å². The molecule has 1 aromatic heterocycles. The smallest absolute Gasteiger partial charge is 0.407 e. The molecule has 1 aliphatic rings. The van der Waals surface area contributed by atoms with Gasteiger partial charge in [-0.1, -0.05) is 54.6 Å². The van der Waals surface area contributed by atoms with Crippen molar-refractivity contribution >= 4 is 23.8 Å². The van der Waals surface area contributed by atoms with E-state index >= 15 is 0 Å². The number of rotatable bonds is 7. The van der Waals surface area contributed by atoms with Gasteiger partial charge in [-0.05, 0) is 40.8 Å². The molecule has 8 heteroatoms. The summed E-state index contributed by atoms with van der Waals surface area (Å²) in [5, 5.41) is 14.1. The van der Waals surface area contributed by atoms with E-state index < -0.39 is 30.4 Å². The number of aliphatic carboxylic acids is 1. The van der Waals surface area contributed by atoms with E-state index in [4.69, 9.17) is 4.74 Å². The number of nitrogens with one attached hydrogen (secondary N) is 2. The number of alkyl carbamates (subject to hydrolysis) is 1. The van der Waals surface area contributed by atoms with Crippen LogP contribution in [0, 0.1) is 6.92 Å². The average molecular weight is 445 g/mol. The second-order valence-corrected chi connectivity index (χ2v) is 7.78. The number of anilines is 1. The van der Waals surface area contributed by atoms with E-state index in [9.17, 15) is 19.5 Å². The molecule has 33 heavy (non-hydrogen) atoms. The van der Waals surface area contributed by atoms with Crippen LogP contribution in [-0.4, -0.2) is 40.7 Å². The number of hydrogen-bond donors (Lipinski definition) is 3. The van der Waals surface area contributed by atoms with E-state index in [-0.39, 0.29) is 12.5 Å². The van der Waals surface area contributed by atoms with Crippen LogP contribution in [0.15, 0.2) is 66.9 Å². The maximum atomic E-state index is 12.6. The Morgan fingerprint density at radius 2 is 1.64 bits per heavy atom.